The molecule has 0 aromatic rings. The Morgan fingerprint density at radius 1 is 0.268 bits per heavy atom. The SMILES string of the molecule is CCCCCCCC/C=C/CCCCCCCCCCCC(=O)OC[C@@H](COC(=O)CCCCCCCCCCCCCCCCC)OC(=O)CCCCCCCCCCC/C=C/CCCCCCCC. The summed E-state index contributed by atoms with van der Waals surface area (Å²) in [6.45, 7) is 6.69. The smallest absolute Gasteiger partial charge is 0.306 e. The summed E-state index contributed by atoms with van der Waals surface area (Å²) in [6.07, 6.45) is 71.7. The standard InChI is InChI=1S/C65H122O6/c1-4-7-10-13-16-19-22-25-28-30-32-34-37-40-43-46-49-52-55-58-64(67)70-61-62(60-69-63(66)57-54-51-48-45-42-39-36-27-24-21-18-15-12-9-6-3)71-65(68)59-56-53-50-47-44-41-38-35-33-31-29-26-23-20-17-14-11-8-5-2/h25-26,28-29,62H,4-24,27,30-61H2,1-3H3/b28-25+,29-26+/t62-/m1/s1. The van der Waals surface area contributed by atoms with Crippen LogP contribution in [0.5, 0.6) is 0 Å². The fraction of sp³-hybridized carbons (Fsp3) is 0.892. The van der Waals surface area contributed by atoms with Gasteiger partial charge in [0, 0.05) is 19.3 Å². The number of hydrogen-bond acceptors (Lipinski definition) is 6. The Morgan fingerprint density at radius 3 is 0.704 bits per heavy atom. The molecular formula is C65H122O6. The van der Waals surface area contributed by atoms with Gasteiger partial charge in [-0.3, -0.25) is 14.4 Å². The third-order valence-electron chi connectivity index (χ3n) is 14.4. The lowest BCUT2D eigenvalue weighted by atomic mass is 10.0. The summed E-state index contributed by atoms with van der Waals surface area (Å²) >= 11 is 0. The minimum absolute atomic E-state index is 0.0674. The van der Waals surface area contributed by atoms with Crippen molar-refractivity contribution in [3.05, 3.63) is 24.3 Å². The minimum Gasteiger partial charge on any atom is -0.462 e. The van der Waals surface area contributed by atoms with E-state index in [1.54, 1.807) is 0 Å². The van der Waals surface area contributed by atoms with Crippen LogP contribution in [-0.4, -0.2) is 37.2 Å². The summed E-state index contributed by atoms with van der Waals surface area (Å²) in [5, 5.41) is 0. The van der Waals surface area contributed by atoms with E-state index in [9.17, 15) is 14.4 Å². The second kappa shape index (κ2) is 60.4. The molecule has 0 rings (SSSR count). The number of carbonyl (C=O) groups excluding carboxylic acids is 3. The van der Waals surface area contributed by atoms with Crippen LogP contribution in [0.4, 0.5) is 0 Å². The van der Waals surface area contributed by atoms with Crippen LogP contribution in [0.25, 0.3) is 0 Å². The Hall–Kier alpha value is -2.11. The molecule has 0 spiro atoms. The van der Waals surface area contributed by atoms with E-state index >= 15 is 0 Å². The summed E-state index contributed by atoms with van der Waals surface area (Å²) in [7, 11) is 0. The molecule has 0 aliphatic rings. The molecule has 0 bridgehead atoms. The Morgan fingerprint density at radius 2 is 0.465 bits per heavy atom. The van der Waals surface area contributed by atoms with Crippen molar-refractivity contribution < 1.29 is 28.6 Å². The van der Waals surface area contributed by atoms with Gasteiger partial charge in [0.25, 0.3) is 0 Å². The fourth-order valence-corrected chi connectivity index (χ4v) is 9.61. The highest BCUT2D eigenvalue weighted by Gasteiger charge is 2.19. The quantitative estimate of drug-likeness (QED) is 0.0261. The van der Waals surface area contributed by atoms with Crippen LogP contribution in [0.1, 0.15) is 355 Å². The number of esters is 3. The van der Waals surface area contributed by atoms with Crippen LogP contribution < -0.4 is 0 Å². The van der Waals surface area contributed by atoms with Gasteiger partial charge in [-0.2, -0.15) is 0 Å². The van der Waals surface area contributed by atoms with E-state index in [4.69, 9.17) is 14.2 Å². The second-order valence-corrected chi connectivity index (χ2v) is 21.7. The average Bonchev–Trinajstić information content (AvgIpc) is 3.37. The highest BCUT2D eigenvalue weighted by atomic mass is 16.6. The Balaban J connectivity index is 4.32. The third kappa shape index (κ3) is 58.7. The van der Waals surface area contributed by atoms with Crippen LogP contribution in [-0.2, 0) is 28.6 Å². The molecule has 6 heteroatoms. The molecule has 0 amide bonds. The molecule has 0 aliphatic carbocycles. The predicted octanol–water partition coefficient (Wildman–Crippen LogP) is 21.4. The van der Waals surface area contributed by atoms with Crippen LogP contribution in [0.3, 0.4) is 0 Å². The van der Waals surface area contributed by atoms with E-state index in [-0.39, 0.29) is 31.1 Å². The first kappa shape index (κ1) is 68.9. The molecule has 6 nitrogen and oxygen atoms in total. The van der Waals surface area contributed by atoms with E-state index in [0.717, 1.165) is 57.8 Å². The number of hydrogen-bond donors (Lipinski definition) is 0. The largest absolute Gasteiger partial charge is 0.462 e. The van der Waals surface area contributed by atoms with Gasteiger partial charge in [-0.25, -0.2) is 0 Å². The first-order valence-corrected chi connectivity index (χ1v) is 31.8. The molecule has 0 aromatic heterocycles. The van der Waals surface area contributed by atoms with E-state index in [2.05, 4.69) is 45.1 Å². The predicted molar refractivity (Wildman–Crippen MR) is 307 cm³/mol. The molecule has 0 heterocycles. The number of unbranched alkanes of at least 4 members (excludes halogenated alkanes) is 44. The van der Waals surface area contributed by atoms with Crippen molar-refractivity contribution in [2.75, 3.05) is 13.2 Å². The van der Waals surface area contributed by atoms with Gasteiger partial charge in [0.2, 0.25) is 0 Å². The fourth-order valence-electron chi connectivity index (χ4n) is 9.61. The normalized spacial score (nSPS) is 12.1. The van der Waals surface area contributed by atoms with Crippen LogP contribution in [0, 0.1) is 0 Å². The number of ether oxygens (including phenoxy) is 3. The van der Waals surface area contributed by atoms with Crippen molar-refractivity contribution in [2.24, 2.45) is 0 Å². The number of allylic oxidation sites excluding steroid dienone is 4. The summed E-state index contributed by atoms with van der Waals surface area (Å²) in [5.74, 6) is -0.845. The van der Waals surface area contributed by atoms with E-state index in [1.807, 2.05) is 0 Å². The lowest BCUT2D eigenvalue weighted by Gasteiger charge is -2.18. The lowest BCUT2D eigenvalue weighted by Crippen LogP contribution is -2.30. The first-order valence-electron chi connectivity index (χ1n) is 31.8. The summed E-state index contributed by atoms with van der Waals surface area (Å²) in [4.78, 5) is 38.3. The monoisotopic (exact) mass is 999 g/mol. The van der Waals surface area contributed by atoms with Crippen molar-refractivity contribution >= 4 is 17.9 Å². The van der Waals surface area contributed by atoms with Crippen molar-refractivity contribution in [2.45, 2.75) is 361 Å². The van der Waals surface area contributed by atoms with Gasteiger partial charge in [-0.1, -0.05) is 289 Å². The van der Waals surface area contributed by atoms with Gasteiger partial charge >= 0.3 is 17.9 Å². The van der Waals surface area contributed by atoms with Crippen molar-refractivity contribution in [3.8, 4) is 0 Å². The molecule has 0 saturated heterocycles. The first-order chi connectivity index (χ1) is 35.0. The van der Waals surface area contributed by atoms with Crippen molar-refractivity contribution in [1.29, 1.82) is 0 Å². The maximum absolute atomic E-state index is 12.9. The Bertz CT molecular complexity index is 1150. The van der Waals surface area contributed by atoms with Crippen molar-refractivity contribution in [1.82, 2.24) is 0 Å². The Kier molecular flexibility index (Phi) is 58.6. The molecule has 1 atom stereocenters. The average molecular weight is 1000 g/mol. The van der Waals surface area contributed by atoms with E-state index in [0.29, 0.717) is 19.3 Å². The lowest BCUT2D eigenvalue weighted by molar-refractivity contribution is -0.167. The van der Waals surface area contributed by atoms with Gasteiger partial charge in [0.05, 0.1) is 0 Å². The van der Waals surface area contributed by atoms with Gasteiger partial charge < -0.3 is 14.2 Å². The second-order valence-electron chi connectivity index (χ2n) is 21.7. The zero-order valence-electron chi connectivity index (χ0n) is 48.0. The zero-order chi connectivity index (χ0) is 51.4. The molecule has 0 fully saturated rings. The topological polar surface area (TPSA) is 78.9 Å². The Labute approximate surface area is 443 Å². The van der Waals surface area contributed by atoms with Gasteiger partial charge in [-0.05, 0) is 70.6 Å². The number of carbonyl (C=O) groups is 3. The third-order valence-corrected chi connectivity index (χ3v) is 14.4. The molecule has 0 unspecified atom stereocenters. The van der Waals surface area contributed by atoms with Crippen LogP contribution >= 0.6 is 0 Å². The molecule has 0 aliphatic heterocycles. The summed E-state index contributed by atoms with van der Waals surface area (Å²) in [5.41, 5.74) is 0. The molecule has 71 heavy (non-hydrogen) atoms. The van der Waals surface area contributed by atoms with Crippen LogP contribution in [0.15, 0.2) is 24.3 Å². The highest BCUT2D eigenvalue weighted by Crippen LogP contribution is 2.17. The minimum atomic E-state index is -0.770. The highest BCUT2D eigenvalue weighted by molar-refractivity contribution is 5.71. The van der Waals surface area contributed by atoms with Crippen LogP contribution in [0.2, 0.25) is 0 Å². The maximum atomic E-state index is 12.9. The van der Waals surface area contributed by atoms with E-state index in [1.165, 1.54) is 257 Å². The molecule has 0 radical (unpaired) electrons. The molecule has 0 aromatic carbocycles. The molecule has 0 N–H and O–H groups in total. The van der Waals surface area contributed by atoms with Gasteiger partial charge in [0.1, 0.15) is 13.2 Å². The van der Waals surface area contributed by atoms with Gasteiger partial charge in [-0.15, -0.1) is 0 Å². The zero-order valence-corrected chi connectivity index (χ0v) is 48.0. The summed E-state index contributed by atoms with van der Waals surface area (Å²) in [6, 6.07) is 0. The van der Waals surface area contributed by atoms with Gasteiger partial charge in [0.15, 0.2) is 6.10 Å². The molecular weight excluding hydrogens is 877 g/mol. The summed E-state index contributed by atoms with van der Waals surface area (Å²) < 4.78 is 16.9. The van der Waals surface area contributed by atoms with Crippen molar-refractivity contribution in [3.63, 3.8) is 0 Å². The molecule has 0 saturated carbocycles. The maximum Gasteiger partial charge on any atom is 0.306 e. The van der Waals surface area contributed by atoms with E-state index < -0.39 is 6.10 Å². The molecule has 418 valence electrons. The number of rotatable bonds is 59.